The van der Waals surface area contributed by atoms with Crippen LogP contribution in [0.25, 0.3) is 6.08 Å². The molecule has 23 heavy (non-hydrogen) atoms. The minimum Gasteiger partial charge on any atom is -0.406 e. The zero-order valence-corrected chi connectivity index (χ0v) is 12.5. The molecule has 0 radical (unpaired) electrons. The van der Waals surface area contributed by atoms with Crippen molar-refractivity contribution in [3.8, 4) is 5.75 Å². The first-order valence-corrected chi connectivity index (χ1v) is 7.80. The summed E-state index contributed by atoms with van der Waals surface area (Å²) in [5, 5.41) is 0. The van der Waals surface area contributed by atoms with E-state index in [9.17, 15) is 21.6 Å². The van der Waals surface area contributed by atoms with Crippen LogP contribution in [0.2, 0.25) is 0 Å². The molecule has 8 heteroatoms. The van der Waals surface area contributed by atoms with Gasteiger partial charge in [-0.05, 0) is 35.9 Å². The summed E-state index contributed by atoms with van der Waals surface area (Å²) in [5.74, 6) is -0.497. The summed E-state index contributed by atoms with van der Waals surface area (Å²) >= 11 is 0. The first-order chi connectivity index (χ1) is 10.7. The molecule has 0 saturated carbocycles. The van der Waals surface area contributed by atoms with Crippen molar-refractivity contribution in [3.63, 3.8) is 0 Å². The molecule has 0 aromatic heterocycles. The van der Waals surface area contributed by atoms with Crippen LogP contribution >= 0.6 is 0 Å². The van der Waals surface area contributed by atoms with Crippen LogP contribution in [0, 0.1) is 0 Å². The van der Waals surface area contributed by atoms with Crippen molar-refractivity contribution in [2.75, 3.05) is 4.72 Å². The van der Waals surface area contributed by atoms with Crippen LogP contribution in [0.15, 0.2) is 60.0 Å². The molecule has 0 amide bonds. The van der Waals surface area contributed by atoms with Gasteiger partial charge in [0.05, 0.1) is 10.6 Å². The summed E-state index contributed by atoms with van der Waals surface area (Å²) in [4.78, 5) is -0.189. The summed E-state index contributed by atoms with van der Waals surface area (Å²) in [5.41, 5.74) is 0.895. The molecule has 122 valence electrons. The Morgan fingerprint density at radius 1 is 1.04 bits per heavy atom. The van der Waals surface area contributed by atoms with E-state index < -0.39 is 22.1 Å². The Hall–Kier alpha value is -2.48. The highest BCUT2D eigenvalue weighted by Gasteiger charge is 2.31. The van der Waals surface area contributed by atoms with Crippen molar-refractivity contribution in [1.29, 1.82) is 0 Å². The number of anilines is 1. The molecule has 2 aromatic rings. The molecule has 0 atom stereocenters. The highest BCUT2D eigenvalue weighted by Crippen LogP contribution is 2.25. The Labute approximate surface area is 131 Å². The fourth-order valence-electron chi connectivity index (χ4n) is 1.79. The van der Waals surface area contributed by atoms with Crippen molar-refractivity contribution in [3.05, 3.63) is 60.7 Å². The minimum atomic E-state index is -4.83. The second kappa shape index (κ2) is 6.33. The number of nitrogens with one attached hydrogen (secondary N) is 1. The van der Waals surface area contributed by atoms with Gasteiger partial charge in [0.2, 0.25) is 0 Å². The van der Waals surface area contributed by atoms with E-state index in [1.54, 1.807) is 24.3 Å². The second-order valence-corrected chi connectivity index (χ2v) is 6.10. The highest BCUT2D eigenvalue weighted by molar-refractivity contribution is 7.92. The molecule has 2 rings (SSSR count). The van der Waals surface area contributed by atoms with Gasteiger partial charge in [-0.1, -0.05) is 30.9 Å². The Morgan fingerprint density at radius 2 is 1.65 bits per heavy atom. The van der Waals surface area contributed by atoms with Gasteiger partial charge in [-0.3, -0.25) is 4.72 Å². The van der Waals surface area contributed by atoms with Gasteiger partial charge in [-0.15, -0.1) is 13.2 Å². The van der Waals surface area contributed by atoms with Crippen LogP contribution in [0.5, 0.6) is 5.75 Å². The molecule has 0 spiro atoms. The molecule has 0 aliphatic rings. The number of sulfonamides is 1. The maximum Gasteiger partial charge on any atom is 0.573 e. The smallest absolute Gasteiger partial charge is 0.406 e. The number of hydrogen-bond acceptors (Lipinski definition) is 3. The van der Waals surface area contributed by atoms with E-state index in [2.05, 4.69) is 16.0 Å². The number of halogens is 3. The predicted molar refractivity (Wildman–Crippen MR) is 80.5 cm³/mol. The maximum absolute atomic E-state index is 12.3. The molecule has 0 aliphatic carbocycles. The number of para-hydroxylation sites is 1. The van der Waals surface area contributed by atoms with E-state index in [-0.39, 0.29) is 4.90 Å². The van der Waals surface area contributed by atoms with E-state index in [1.165, 1.54) is 6.08 Å². The minimum absolute atomic E-state index is 0.189. The van der Waals surface area contributed by atoms with Crippen LogP contribution in [0.1, 0.15) is 5.56 Å². The SMILES string of the molecule is C=Cc1ccccc1NS(=O)(=O)c1ccc(OC(F)(F)F)cc1. The molecule has 2 aromatic carbocycles. The van der Waals surface area contributed by atoms with Gasteiger partial charge in [0.1, 0.15) is 5.75 Å². The highest BCUT2D eigenvalue weighted by atomic mass is 32.2. The van der Waals surface area contributed by atoms with Gasteiger partial charge in [0.25, 0.3) is 10.0 Å². The lowest BCUT2D eigenvalue weighted by Gasteiger charge is -2.12. The van der Waals surface area contributed by atoms with Gasteiger partial charge in [-0.2, -0.15) is 0 Å². The van der Waals surface area contributed by atoms with Gasteiger partial charge < -0.3 is 4.74 Å². The Kier molecular flexibility index (Phi) is 4.65. The summed E-state index contributed by atoms with van der Waals surface area (Å²) in [6.45, 7) is 3.58. The zero-order chi connectivity index (χ0) is 17.1. The van der Waals surface area contributed by atoms with Crippen molar-refractivity contribution in [2.45, 2.75) is 11.3 Å². The van der Waals surface area contributed by atoms with Gasteiger partial charge >= 0.3 is 6.36 Å². The largest absolute Gasteiger partial charge is 0.573 e. The third-order valence-electron chi connectivity index (χ3n) is 2.79. The second-order valence-electron chi connectivity index (χ2n) is 4.42. The first-order valence-electron chi connectivity index (χ1n) is 6.31. The molecule has 0 aliphatic heterocycles. The van der Waals surface area contributed by atoms with Crippen LogP contribution in [0.4, 0.5) is 18.9 Å². The number of ether oxygens (including phenoxy) is 1. The summed E-state index contributed by atoms with van der Waals surface area (Å²) in [7, 11) is -3.94. The van der Waals surface area contributed by atoms with E-state index in [4.69, 9.17) is 0 Å². The van der Waals surface area contributed by atoms with Crippen molar-refractivity contribution in [1.82, 2.24) is 0 Å². The van der Waals surface area contributed by atoms with Crippen LogP contribution < -0.4 is 9.46 Å². The predicted octanol–water partition coefficient (Wildman–Crippen LogP) is 4.03. The molecule has 0 saturated heterocycles. The third kappa shape index (κ3) is 4.49. The quantitative estimate of drug-likeness (QED) is 0.892. The van der Waals surface area contributed by atoms with Crippen molar-refractivity contribution >= 4 is 21.8 Å². The Balaban J connectivity index is 2.24. The normalized spacial score (nSPS) is 11.8. The number of benzene rings is 2. The summed E-state index contributed by atoms with van der Waals surface area (Å²) < 4.78 is 66.8. The number of alkyl halides is 3. The van der Waals surface area contributed by atoms with Gasteiger partial charge in [0.15, 0.2) is 0 Å². The number of hydrogen-bond donors (Lipinski definition) is 1. The lowest BCUT2D eigenvalue weighted by atomic mass is 10.2. The molecule has 4 nitrogen and oxygen atoms in total. The van der Waals surface area contributed by atoms with E-state index in [1.807, 2.05) is 0 Å². The Bertz CT molecular complexity index is 799. The standard InChI is InChI=1S/C15H12F3NO3S/c1-2-11-5-3-4-6-14(11)19-23(20,21)13-9-7-12(8-10-13)22-15(16,17)18/h2-10,19H,1H2. The molecule has 0 unspecified atom stereocenters. The summed E-state index contributed by atoms with van der Waals surface area (Å²) in [6, 6.07) is 10.5. The average molecular weight is 343 g/mol. The monoisotopic (exact) mass is 343 g/mol. The molecule has 0 bridgehead atoms. The number of rotatable bonds is 5. The van der Waals surface area contributed by atoms with E-state index >= 15 is 0 Å². The Morgan fingerprint density at radius 3 is 2.22 bits per heavy atom. The van der Waals surface area contributed by atoms with E-state index in [0.717, 1.165) is 24.3 Å². The summed E-state index contributed by atoms with van der Waals surface area (Å²) in [6.07, 6.45) is -3.35. The maximum atomic E-state index is 12.3. The molecule has 1 N–H and O–H groups in total. The molecule has 0 heterocycles. The molecule has 0 fully saturated rings. The van der Waals surface area contributed by atoms with Crippen molar-refractivity contribution in [2.24, 2.45) is 0 Å². The van der Waals surface area contributed by atoms with Crippen LogP contribution in [0.3, 0.4) is 0 Å². The first kappa shape index (κ1) is 16.9. The van der Waals surface area contributed by atoms with Crippen molar-refractivity contribution < 1.29 is 26.3 Å². The lowest BCUT2D eigenvalue weighted by molar-refractivity contribution is -0.274. The topological polar surface area (TPSA) is 55.4 Å². The molecular formula is C15H12F3NO3S. The third-order valence-corrected chi connectivity index (χ3v) is 4.17. The van der Waals surface area contributed by atoms with E-state index in [0.29, 0.717) is 11.3 Å². The average Bonchev–Trinajstić information content (AvgIpc) is 2.46. The fraction of sp³-hybridized carbons (Fsp3) is 0.0667. The fourth-order valence-corrected chi connectivity index (χ4v) is 2.88. The van der Waals surface area contributed by atoms with Gasteiger partial charge in [0, 0.05) is 0 Å². The van der Waals surface area contributed by atoms with Crippen LogP contribution in [-0.2, 0) is 10.0 Å². The zero-order valence-electron chi connectivity index (χ0n) is 11.7. The molecular weight excluding hydrogens is 331 g/mol. The lowest BCUT2D eigenvalue weighted by Crippen LogP contribution is -2.17. The van der Waals surface area contributed by atoms with Gasteiger partial charge in [-0.25, -0.2) is 8.42 Å². The van der Waals surface area contributed by atoms with Crippen LogP contribution in [-0.4, -0.2) is 14.8 Å².